The Hall–Kier alpha value is -0.120. The molecule has 3 unspecified atom stereocenters. The first-order chi connectivity index (χ1) is 8.69. The predicted molar refractivity (Wildman–Crippen MR) is 75.4 cm³/mol. The van der Waals surface area contributed by atoms with E-state index in [1.54, 1.807) is 0 Å². The van der Waals surface area contributed by atoms with E-state index in [1.165, 1.54) is 38.5 Å². The Labute approximate surface area is 112 Å². The maximum atomic E-state index is 10.3. The second-order valence-corrected chi connectivity index (χ2v) is 6.55. The van der Waals surface area contributed by atoms with Crippen LogP contribution in [0.25, 0.3) is 0 Å². The van der Waals surface area contributed by atoms with Gasteiger partial charge in [0, 0.05) is 19.1 Å². The molecular formula is C15H30N2O. The number of piperidine rings is 1. The van der Waals surface area contributed by atoms with E-state index in [0.717, 1.165) is 37.9 Å². The molecular weight excluding hydrogens is 224 g/mol. The van der Waals surface area contributed by atoms with Crippen LogP contribution < -0.4 is 5.73 Å². The first kappa shape index (κ1) is 14.3. The summed E-state index contributed by atoms with van der Waals surface area (Å²) in [6.45, 7) is 5.01. The Morgan fingerprint density at radius 3 is 2.67 bits per heavy atom. The lowest BCUT2D eigenvalue weighted by atomic mass is 9.91. The summed E-state index contributed by atoms with van der Waals surface area (Å²) in [6, 6.07) is 0.493. The van der Waals surface area contributed by atoms with Gasteiger partial charge in [0.1, 0.15) is 0 Å². The zero-order chi connectivity index (χ0) is 13.0. The summed E-state index contributed by atoms with van der Waals surface area (Å²) in [4.78, 5) is 2.43. The molecule has 106 valence electrons. The average molecular weight is 254 g/mol. The summed E-state index contributed by atoms with van der Waals surface area (Å²) < 4.78 is 0. The fourth-order valence-corrected chi connectivity index (χ4v) is 3.76. The van der Waals surface area contributed by atoms with E-state index >= 15 is 0 Å². The van der Waals surface area contributed by atoms with Crippen molar-refractivity contribution in [1.29, 1.82) is 0 Å². The van der Waals surface area contributed by atoms with Gasteiger partial charge in [-0.15, -0.1) is 0 Å². The van der Waals surface area contributed by atoms with Gasteiger partial charge in [-0.2, -0.15) is 0 Å². The molecule has 0 radical (unpaired) electrons. The molecule has 3 heteroatoms. The molecule has 0 spiro atoms. The number of nitrogens with two attached hydrogens (primary N) is 1. The van der Waals surface area contributed by atoms with Crippen molar-refractivity contribution in [2.45, 2.75) is 64.0 Å². The number of hydrogen-bond acceptors (Lipinski definition) is 3. The van der Waals surface area contributed by atoms with Crippen LogP contribution in [-0.2, 0) is 0 Å². The van der Waals surface area contributed by atoms with E-state index in [0.29, 0.717) is 6.04 Å². The van der Waals surface area contributed by atoms with Gasteiger partial charge in [0.15, 0.2) is 0 Å². The number of likely N-dealkylation sites (tertiary alicyclic amines) is 1. The zero-order valence-corrected chi connectivity index (χ0v) is 11.9. The second-order valence-electron chi connectivity index (χ2n) is 6.55. The molecule has 1 saturated carbocycles. The van der Waals surface area contributed by atoms with E-state index in [4.69, 9.17) is 5.73 Å². The Balaban J connectivity index is 1.76. The molecule has 3 nitrogen and oxygen atoms in total. The second kappa shape index (κ2) is 6.88. The molecule has 0 bridgehead atoms. The highest BCUT2D eigenvalue weighted by molar-refractivity contribution is 4.83. The minimum atomic E-state index is -0.143. The first-order valence-corrected chi connectivity index (χ1v) is 7.81. The molecule has 3 N–H and O–H groups in total. The normalized spacial score (nSPS) is 32.8. The van der Waals surface area contributed by atoms with Gasteiger partial charge in [0.25, 0.3) is 0 Å². The molecule has 0 aromatic heterocycles. The molecule has 0 amide bonds. The number of aliphatic hydroxyl groups excluding tert-OH is 1. The minimum Gasteiger partial charge on any atom is -0.392 e. The van der Waals surface area contributed by atoms with Crippen LogP contribution in [0.15, 0.2) is 0 Å². The van der Waals surface area contributed by atoms with E-state index in [-0.39, 0.29) is 6.10 Å². The maximum Gasteiger partial charge on any atom is 0.0669 e. The molecule has 1 saturated heterocycles. The average Bonchev–Trinajstić information content (AvgIpc) is 2.84. The molecule has 2 fully saturated rings. The van der Waals surface area contributed by atoms with Crippen LogP contribution in [0.4, 0.5) is 0 Å². The van der Waals surface area contributed by atoms with Crippen molar-refractivity contribution in [2.75, 3.05) is 19.6 Å². The number of aliphatic hydroxyl groups is 1. The lowest BCUT2D eigenvalue weighted by Crippen LogP contribution is -2.49. The number of rotatable bonds is 5. The largest absolute Gasteiger partial charge is 0.392 e. The third-order valence-electron chi connectivity index (χ3n) is 4.90. The van der Waals surface area contributed by atoms with Gasteiger partial charge >= 0.3 is 0 Å². The SMILES string of the molecule is CC1CCN(CC(O)CC2CCCC2)C(CN)C1. The molecule has 18 heavy (non-hydrogen) atoms. The highest BCUT2D eigenvalue weighted by Crippen LogP contribution is 2.29. The summed E-state index contributed by atoms with van der Waals surface area (Å²) in [5.41, 5.74) is 5.87. The summed E-state index contributed by atoms with van der Waals surface area (Å²) >= 11 is 0. The van der Waals surface area contributed by atoms with Gasteiger partial charge in [-0.1, -0.05) is 32.6 Å². The highest BCUT2D eigenvalue weighted by atomic mass is 16.3. The first-order valence-electron chi connectivity index (χ1n) is 7.81. The zero-order valence-electron chi connectivity index (χ0n) is 11.9. The fraction of sp³-hybridized carbons (Fsp3) is 1.00. The van der Waals surface area contributed by atoms with Gasteiger partial charge in [0.2, 0.25) is 0 Å². The van der Waals surface area contributed by atoms with Gasteiger partial charge in [-0.3, -0.25) is 4.90 Å². The molecule has 3 atom stereocenters. The van der Waals surface area contributed by atoms with E-state index in [9.17, 15) is 5.11 Å². The summed E-state index contributed by atoms with van der Waals surface area (Å²) in [7, 11) is 0. The molecule has 0 aromatic carbocycles. The monoisotopic (exact) mass is 254 g/mol. The third kappa shape index (κ3) is 3.94. The van der Waals surface area contributed by atoms with Crippen LogP contribution in [0.3, 0.4) is 0 Å². The summed E-state index contributed by atoms with van der Waals surface area (Å²) in [6.07, 6.45) is 8.70. The van der Waals surface area contributed by atoms with Crippen LogP contribution in [-0.4, -0.2) is 41.8 Å². The minimum absolute atomic E-state index is 0.143. The Bertz CT molecular complexity index is 241. The van der Waals surface area contributed by atoms with Crippen molar-refractivity contribution in [1.82, 2.24) is 4.90 Å². The fourth-order valence-electron chi connectivity index (χ4n) is 3.76. The number of hydrogen-bond donors (Lipinski definition) is 2. The Kier molecular flexibility index (Phi) is 5.46. The van der Waals surface area contributed by atoms with Crippen molar-refractivity contribution < 1.29 is 5.11 Å². The Morgan fingerprint density at radius 2 is 2.00 bits per heavy atom. The van der Waals surface area contributed by atoms with E-state index in [2.05, 4.69) is 11.8 Å². The van der Waals surface area contributed by atoms with Crippen LogP contribution >= 0.6 is 0 Å². The smallest absolute Gasteiger partial charge is 0.0669 e. The number of β-amino-alcohol motifs (C(OH)–C–C–N with tert-alkyl or cyclic N) is 1. The topological polar surface area (TPSA) is 49.5 Å². The van der Waals surface area contributed by atoms with Gasteiger partial charge in [-0.25, -0.2) is 0 Å². The van der Waals surface area contributed by atoms with Crippen LogP contribution in [0.1, 0.15) is 51.9 Å². The molecule has 2 rings (SSSR count). The van der Waals surface area contributed by atoms with Crippen molar-refractivity contribution in [3.63, 3.8) is 0 Å². The van der Waals surface area contributed by atoms with Crippen molar-refractivity contribution in [2.24, 2.45) is 17.6 Å². The molecule has 2 aliphatic rings. The van der Waals surface area contributed by atoms with Crippen LogP contribution in [0.5, 0.6) is 0 Å². The summed E-state index contributed by atoms with van der Waals surface area (Å²) in [5, 5.41) is 10.3. The number of nitrogens with zero attached hydrogens (tertiary/aromatic N) is 1. The van der Waals surface area contributed by atoms with Gasteiger partial charge < -0.3 is 10.8 Å². The molecule has 1 aliphatic carbocycles. The quantitative estimate of drug-likeness (QED) is 0.789. The molecule has 0 aromatic rings. The molecule has 1 heterocycles. The maximum absolute atomic E-state index is 10.3. The van der Waals surface area contributed by atoms with Gasteiger partial charge in [0.05, 0.1) is 6.10 Å². The third-order valence-corrected chi connectivity index (χ3v) is 4.90. The van der Waals surface area contributed by atoms with Crippen molar-refractivity contribution in [3.8, 4) is 0 Å². The van der Waals surface area contributed by atoms with E-state index < -0.39 is 0 Å². The predicted octanol–water partition coefficient (Wildman–Crippen LogP) is 1.99. The highest BCUT2D eigenvalue weighted by Gasteiger charge is 2.27. The van der Waals surface area contributed by atoms with Crippen molar-refractivity contribution >= 4 is 0 Å². The van der Waals surface area contributed by atoms with Crippen LogP contribution in [0.2, 0.25) is 0 Å². The lowest BCUT2D eigenvalue weighted by molar-refractivity contribution is 0.0455. The lowest BCUT2D eigenvalue weighted by Gasteiger charge is -2.39. The van der Waals surface area contributed by atoms with Crippen LogP contribution in [0, 0.1) is 11.8 Å². The van der Waals surface area contributed by atoms with Gasteiger partial charge in [-0.05, 0) is 37.6 Å². The standard InChI is InChI=1S/C15H30N2O/c1-12-6-7-17(14(8-12)10-16)11-15(18)9-13-4-2-3-5-13/h12-15,18H,2-11,16H2,1H3. The molecule has 1 aliphatic heterocycles. The summed E-state index contributed by atoms with van der Waals surface area (Å²) in [5.74, 6) is 1.57. The Morgan fingerprint density at radius 1 is 1.28 bits per heavy atom. The van der Waals surface area contributed by atoms with Crippen molar-refractivity contribution in [3.05, 3.63) is 0 Å². The van der Waals surface area contributed by atoms with E-state index in [1.807, 2.05) is 0 Å².